The van der Waals surface area contributed by atoms with Gasteiger partial charge in [0.25, 0.3) is 0 Å². The Morgan fingerprint density at radius 3 is 2.67 bits per heavy atom. The molecule has 2 aromatic carbocycles. The first kappa shape index (κ1) is 20.9. The van der Waals surface area contributed by atoms with Crippen molar-refractivity contribution in [2.24, 2.45) is 0 Å². The van der Waals surface area contributed by atoms with E-state index in [4.69, 9.17) is 4.74 Å². The van der Waals surface area contributed by atoms with Crippen LogP contribution in [0.2, 0.25) is 0 Å². The Kier molecular flexibility index (Phi) is 6.71. The number of thioether (sulfide) groups is 1. The Morgan fingerprint density at radius 2 is 1.93 bits per heavy atom. The molecule has 2 N–H and O–H groups in total. The highest BCUT2D eigenvalue weighted by Gasteiger charge is 2.18. The summed E-state index contributed by atoms with van der Waals surface area (Å²) in [7, 11) is 0. The first-order valence-electron chi connectivity index (χ1n) is 9.68. The smallest absolute Gasteiger partial charge is 0.237 e. The molecular weight excluding hydrogens is 466 g/mol. The van der Waals surface area contributed by atoms with Crippen molar-refractivity contribution in [1.82, 2.24) is 15.2 Å². The maximum Gasteiger partial charge on any atom is 0.237 e. The van der Waals surface area contributed by atoms with Gasteiger partial charge in [-0.05, 0) is 37.3 Å². The zero-order chi connectivity index (χ0) is 20.9. The molecule has 1 saturated heterocycles. The number of carbonyl (C=O) groups excluding carboxylic acids is 1. The van der Waals surface area contributed by atoms with Gasteiger partial charge in [0, 0.05) is 34.5 Å². The number of aromatic nitrogens is 3. The SMILES string of the molecule is CC(Sc1n[nH]c(-c2ccccc2Br)n1)C(=O)Nc1ccc(N2CCOCC2)cc1. The molecular formula is C21H22BrN5O2S. The summed E-state index contributed by atoms with van der Waals surface area (Å²) in [6.07, 6.45) is 0. The predicted molar refractivity (Wildman–Crippen MR) is 123 cm³/mol. The third-order valence-corrected chi connectivity index (χ3v) is 6.41. The number of hydrogen-bond donors (Lipinski definition) is 2. The summed E-state index contributed by atoms with van der Waals surface area (Å²) in [5.41, 5.74) is 2.83. The van der Waals surface area contributed by atoms with E-state index in [-0.39, 0.29) is 11.2 Å². The summed E-state index contributed by atoms with van der Waals surface area (Å²) < 4.78 is 6.32. The minimum Gasteiger partial charge on any atom is -0.378 e. The number of anilines is 2. The molecule has 1 aliphatic rings. The standard InChI is InChI=1S/C21H22BrN5O2S/c1-14(30-21-24-19(25-26-21)17-4-2-3-5-18(17)22)20(28)23-15-6-8-16(9-7-15)27-10-12-29-13-11-27/h2-9,14H,10-13H2,1H3,(H,23,28)(H,24,25,26). The summed E-state index contributed by atoms with van der Waals surface area (Å²) in [5.74, 6) is 0.572. The molecule has 156 valence electrons. The largest absolute Gasteiger partial charge is 0.378 e. The number of amides is 1. The number of halogens is 1. The molecule has 30 heavy (non-hydrogen) atoms. The second kappa shape index (κ2) is 9.63. The van der Waals surface area contributed by atoms with E-state index in [9.17, 15) is 4.79 Å². The van der Waals surface area contributed by atoms with Crippen LogP contribution in [-0.4, -0.2) is 52.6 Å². The first-order chi connectivity index (χ1) is 14.6. The van der Waals surface area contributed by atoms with Gasteiger partial charge in [0.05, 0.1) is 18.5 Å². The molecule has 0 spiro atoms. The third-order valence-electron chi connectivity index (χ3n) is 4.76. The van der Waals surface area contributed by atoms with Gasteiger partial charge in [-0.3, -0.25) is 9.89 Å². The van der Waals surface area contributed by atoms with Crippen LogP contribution in [0.1, 0.15) is 6.92 Å². The topological polar surface area (TPSA) is 83.1 Å². The predicted octanol–water partition coefficient (Wildman–Crippen LogP) is 4.19. The highest BCUT2D eigenvalue weighted by Crippen LogP contribution is 2.28. The van der Waals surface area contributed by atoms with Crippen LogP contribution in [0.4, 0.5) is 11.4 Å². The van der Waals surface area contributed by atoms with Gasteiger partial charge >= 0.3 is 0 Å². The summed E-state index contributed by atoms with van der Waals surface area (Å²) in [6.45, 7) is 5.11. The molecule has 1 amide bonds. The highest BCUT2D eigenvalue weighted by molar-refractivity contribution is 9.10. The summed E-state index contributed by atoms with van der Waals surface area (Å²) in [5, 5.41) is 10.3. The van der Waals surface area contributed by atoms with Crippen molar-refractivity contribution in [2.45, 2.75) is 17.3 Å². The minimum absolute atomic E-state index is 0.0913. The van der Waals surface area contributed by atoms with Crippen LogP contribution < -0.4 is 10.2 Å². The second-order valence-corrected chi connectivity index (χ2v) is 9.00. The lowest BCUT2D eigenvalue weighted by Crippen LogP contribution is -2.36. The number of aromatic amines is 1. The molecule has 2 heterocycles. The Bertz CT molecular complexity index is 1000. The van der Waals surface area contributed by atoms with Gasteiger partial charge in [-0.2, -0.15) is 0 Å². The van der Waals surface area contributed by atoms with Crippen molar-refractivity contribution in [3.63, 3.8) is 0 Å². The summed E-state index contributed by atoms with van der Waals surface area (Å²) in [4.78, 5) is 19.4. The van der Waals surface area contributed by atoms with Gasteiger partial charge in [0.2, 0.25) is 11.1 Å². The van der Waals surface area contributed by atoms with Crippen LogP contribution >= 0.6 is 27.7 Å². The van der Waals surface area contributed by atoms with E-state index in [1.165, 1.54) is 11.8 Å². The number of ether oxygens (including phenoxy) is 1. The monoisotopic (exact) mass is 487 g/mol. The number of nitrogens with one attached hydrogen (secondary N) is 2. The number of rotatable bonds is 6. The second-order valence-electron chi connectivity index (χ2n) is 6.84. The van der Waals surface area contributed by atoms with Crippen molar-refractivity contribution < 1.29 is 9.53 Å². The fourth-order valence-corrected chi connectivity index (χ4v) is 4.30. The van der Waals surface area contributed by atoms with Gasteiger partial charge in [-0.1, -0.05) is 45.9 Å². The lowest BCUT2D eigenvalue weighted by molar-refractivity contribution is -0.115. The lowest BCUT2D eigenvalue weighted by Gasteiger charge is -2.28. The van der Waals surface area contributed by atoms with Crippen molar-refractivity contribution in [3.8, 4) is 11.4 Å². The average molecular weight is 488 g/mol. The van der Waals surface area contributed by atoms with Gasteiger partial charge in [-0.25, -0.2) is 4.98 Å². The molecule has 1 fully saturated rings. The Balaban J connectivity index is 1.34. The first-order valence-corrected chi connectivity index (χ1v) is 11.3. The average Bonchev–Trinajstić information content (AvgIpc) is 3.23. The lowest BCUT2D eigenvalue weighted by atomic mass is 10.2. The van der Waals surface area contributed by atoms with Crippen LogP contribution in [0.25, 0.3) is 11.4 Å². The molecule has 7 nitrogen and oxygen atoms in total. The minimum atomic E-state index is -0.341. The van der Waals surface area contributed by atoms with E-state index in [1.807, 2.05) is 55.5 Å². The van der Waals surface area contributed by atoms with Crippen molar-refractivity contribution in [3.05, 3.63) is 53.0 Å². The van der Waals surface area contributed by atoms with E-state index in [0.717, 1.165) is 47.7 Å². The van der Waals surface area contributed by atoms with Gasteiger partial charge < -0.3 is 15.0 Å². The van der Waals surface area contributed by atoms with Gasteiger partial charge in [0.1, 0.15) is 0 Å². The molecule has 1 atom stereocenters. The molecule has 1 aromatic heterocycles. The van der Waals surface area contributed by atoms with Crippen LogP contribution in [0, 0.1) is 0 Å². The number of benzene rings is 2. The van der Waals surface area contributed by atoms with Crippen LogP contribution in [0.5, 0.6) is 0 Å². The molecule has 1 aliphatic heterocycles. The highest BCUT2D eigenvalue weighted by atomic mass is 79.9. The summed E-state index contributed by atoms with van der Waals surface area (Å²) >= 11 is 4.83. The fraction of sp³-hybridized carbons (Fsp3) is 0.286. The van der Waals surface area contributed by atoms with Crippen molar-refractivity contribution in [2.75, 3.05) is 36.5 Å². The van der Waals surface area contributed by atoms with Crippen molar-refractivity contribution >= 4 is 45.0 Å². The number of hydrogen-bond acceptors (Lipinski definition) is 6. The Labute approximate surface area is 187 Å². The van der Waals surface area contributed by atoms with E-state index < -0.39 is 0 Å². The molecule has 9 heteroatoms. The number of carbonyl (C=O) groups is 1. The molecule has 3 aromatic rings. The molecule has 1 unspecified atom stereocenters. The maximum absolute atomic E-state index is 12.6. The van der Waals surface area contributed by atoms with Crippen LogP contribution in [-0.2, 0) is 9.53 Å². The number of morpholine rings is 1. The maximum atomic E-state index is 12.6. The normalized spacial score (nSPS) is 15.1. The molecule has 0 saturated carbocycles. The van der Waals surface area contributed by atoms with Crippen LogP contribution in [0.3, 0.4) is 0 Å². The molecule has 0 radical (unpaired) electrons. The number of nitrogens with zero attached hydrogens (tertiary/aromatic N) is 3. The van der Waals surface area contributed by atoms with E-state index in [0.29, 0.717) is 11.0 Å². The van der Waals surface area contributed by atoms with E-state index in [1.54, 1.807) is 0 Å². The Hall–Kier alpha value is -2.36. The van der Waals surface area contributed by atoms with E-state index >= 15 is 0 Å². The summed E-state index contributed by atoms with van der Waals surface area (Å²) in [6, 6.07) is 15.7. The number of H-pyrrole nitrogens is 1. The fourth-order valence-electron chi connectivity index (χ4n) is 3.11. The third kappa shape index (κ3) is 5.03. The molecule has 0 bridgehead atoms. The van der Waals surface area contributed by atoms with Crippen molar-refractivity contribution in [1.29, 1.82) is 0 Å². The van der Waals surface area contributed by atoms with Gasteiger partial charge in [0.15, 0.2) is 5.82 Å². The van der Waals surface area contributed by atoms with Gasteiger partial charge in [-0.15, -0.1) is 5.10 Å². The zero-order valence-electron chi connectivity index (χ0n) is 16.5. The van der Waals surface area contributed by atoms with Crippen LogP contribution in [0.15, 0.2) is 58.2 Å². The van der Waals surface area contributed by atoms with E-state index in [2.05, 4.69) is 41.3 Å². The zero-order valence-corrected chi connectivity index (χ0v) is 18.9. The molecule has 4 rings (SSSR count). The molecule has 0 aliphatic carbocycles. The quantitative estimate of drug-likeness (QED) is 0.507. The Morgan fingerprint density at radius 1 is 1.20 bits per heavy atom.